The Labute approximate surface area is 313 Å². The summed E-state index contributed by atoms with van der Waals surface area (Å²) in [5.41, 5.74) is 18.4. The number of para-hydroxylation sites is 1. The first-order chi connectivity index (χ1) is 26.0. The quantitative estimate of drug-likeness (QED) is 0.114. The van der Waals surface area contributed by atoms with Crippen LogP contribution < -0.4 is 9.48 Å². The van der Waals surface area contributed by atoms with Crippen LogP contribution in [0, 0.1) is 0 Å². The van der Waals surface area contributed by atoms with E-state index >= 15 is 0 Å². The minimum absolute atomic E-state index is 0.0903. The molecule has 7 aromatic carbocycles. The number of fused-ring (bicyclic) bond motifs is 4. The van der Waals surface area contributed by atoms with Crippen LogP contribution in [0.4, 0.5) is 28.4 Å². The van der Waals surface area contributed by atoms with E-state index < -0.39 is 0 Å². The molecule has 1 heterocycles. The average Bonchev–Trinajstić information content (AvgIpc) is 3.44. The molecule has 2 aliphatic rings. The van der Waals surface area contributed by atoms with Crippen molar-refractivity contribution in [2.24, 2.45) is 0 Å². The number of hydrogen-bond donors (Lipinski definition) is 0. The number of rotatable bonds is 8. The molecule has 0 amide bonds. The molecular formula is C51H41N2+. The Bertz CT molecular complexity index is 2550. The van der Waals surface area contributed by atoms with Crippen molar-refractivity contribution >= 4 is 34.1 Å². The zero-order valence-electron chi connectivity index (χ0n) is 30.4. The Morgan fingerprint density at radius 1 is 0.491 bits per heavy atom. The van der Waals surface area contributed by atoms with Gasteiger partial charge in [-0.15, -0.1) is 0 Å². The van der Waals surface area contributed by atoms with Crippen LogP contribution in [0.1, 0.15) is 37.5 Å². The summed E-state index contributed by atoms with van der Waals surface area (Å²) in [6, 6.07) is 61.8. The highest BCUT2D eigenvalue weighted by Gasteiger charge is 2.39. The highest BCUT2D eigenvalue weighted by Crippen LogP contribution is 2.54. The van der Waals surface area contributed by atoms with Gasteiger partial charge in [-0.25, -0.2) is 0 Å². The fourth-order valence-corrected chi connectivity index (χ4v) is 8.27. The van der Waals surface area contributed by atoms with E-state index in [1.54, 1.807) is 0 Å². The van der Waals surface area contributed by atoms with Crippen molar-refractivity contribution in [2.45, 2.75) is 26.2 Å². The highest BCUT2D eigenvalue weighted by atomic mass is 15.1. The van der Waals surface area contributed by atoms with Gasteiger partial charge in [0.25, 0.3) is 0 Å². The second-order valence-corrected chi connectivity index (χ2v) is 14.3. The van der Waals surface area contributed by atoms with E-state index in [2.05, 4.69) is 224 Å². The van der Waals surface area contributed by atoms with Crippen molar-refractivity contribution in [3.05, 3.63) is 211 Å². The van der Waals surface area contributed by atoms with Gasteiger partial charge in [0.1, 0.15) is 5.56 Å². The molecule has 0 saturated carbocycles. The van der Waals surface area contributed by atoms with Crippen molar-refractivity contribution in [3.63, 3.8) is 0 Å². The van der Waals surface area contributed by atoms with Crippen LogP contribution in [0.5, 0.6) is 0 Å². The maximum Gasteiger partial charge on any atom is 0.226 e. The van der Waals surface area contributed by atoms with E-state index in [9.17, 15) is 0 Å². The summed E-state index contributed by atoms with van der Waals surface area (Å²) >= 11 is 0. The van der Waals surface area contributed by atoms with Gasteiger partial charge in [-0.3, -0.25) is 0 Å². The molecular weight excluding hydrogens is 641 g/mol. The predicted molar refractivity (Wildman–Crippen MR) is 226 cm³/mol. The molecule has 1 aliphatic heterocycles. The zero-order chi connectivity index (χ0) is 35.9. The van der Waals surface area contributed by atoms with Gasteiger partial charge >= 0.3 is 0 Å². The maximum atomic E-state index is 2.44. The normalized spacial score (nSPS) is 13.9. The van der Waals surface area contributed by atoms with Gasteiger partial charge < -0.3 is 4.90 Å². The van der Waals surface area contributed by atoms with E-state index in [1.165, 1.54) is 72.8 Å². The molecule has 0 N–H and O–H groups in total. The monoisotopic (exact) mass is 681 g/mol. The summed E-state index contributed by atoms with van der Waals surface area (Å²) < 4.78 is 2.35. The third-order valence-corrected chi connectivity index (χ3v) is 10.8. The Morgan fingerprint density at radius 3 is 1.79 bits per heavy atom. The van der Waals surface area contributed by atoms with Gasteiger partial charge in [-0.1, -0.05) is 153 Å². The van der Waals surface area contributed by atoms with Gasteiger partial charge in [0, 0.05) is 52.2 Å². The van der Waals surface area contributed by atoms with E-state index in [0.29, 0.717) is 0 Å². The summed E-state index contributed by atoms with van der Waals surface area (Å²) in [6.07, 6.45) is 8.51. The summed E-state index contributed by atoms with van der Waals surface area (Å²) in [4.78, 5) is 2.44. The summed E-state index contributed by atoms with van der Waals surface area (Å²) in [7, 11) is 0. The minimum Gasteiger partial charge on any atom is -0.310 e. The van der Waals surface area contributed by atoms with Gasteiger partial charge in [-0.2, -0.15) is 4.58 Å². The van der Waals surface area contributed by atoms with Crippen LogP contribution in [0.2, 0.25) is 0 Å². The first-order valence-electron chi connectivity index (χ1n) is 18.5. The largest absolute Gasteiger partial charge is 0.310 e. The molecule has 0 unspecified atom stereocenters. The second kappa shape index (κ2) is 13.2. The molecule has 0 fully saturated rings. The Hall–Kier alpha value is -6.51. The molecule has 0 aromatic heterocycles. The van der Waals surface area contributed by atoms with E-state index in [-0.39, 0.29) is 5.41 Å². The summed E-state index contributed by atoms with van der Waals surface area (Å²) in [5, 5.41) is 0. The van der Waals surface area contributed by atoms with Crippen molar-refractivity contribution in [3.8, 4) is 33.4 Å². The lowest BCUT2D eigenvalue weighted by Crippen LogP contribution is -2.28. The van der Waals surface area contributed by atoms with Crippen molar-refractivity contribution in [1.29, 1.82) is 0 Å². The van der Waals surface area contributed by atoms with Crippen molar-refractivity contribution < 1.29 is 0 Å². The van der Waals surface area contributed by atoms with Crippen LogP contribution in [0.25, 0.3) is 33.4 Å². The van der Waals surface area contributed by atoms with Crippen LogP contribution >= 0.6 is 0 Å². The maximum absolute atomic E-state index is 2.44. The molecule has 0 spiro atoms. The predicted octanol–water partition coefficient (Wildman–Crippen LogP) is 13.6. The van der Waals surface area contributed by atoms with E-state index in [1.807, 2.05) is 0 Å². The Kier molecular flexibility index (Phi) is 8.09. The highest BCUT2D eigenvalue weighted by molar-refractivity contribution is 6.24. The molecule has 53 heavy (non-hydrogen) atoms. The average molecular weight is 682 g/mol. The fraction of sp³-hybridized carbons (Fsp3) is 0.0784. The summed E-state index contributed by atoms with van der Waals surface area (Å²) in [6.45, 7) is 6.75. The van der Waals surface area contributed by atoms with Gasteiger partial charge in [0.15, 0.2) is 0 Å². The van der Waals surface area contributed by atoms with Crippen LogP contribution in [0.15, 0.2) is 194 Å². The molecule has 254 valence electrons. The lowest BCUT2D eigenvalue weighted by atomic mass is 9.82. The topological polar surface area (TPSA) is 6.25 Å². The Morgan fingerprint density at radius 2 is 1.08 bits per heavy atom. The third-order valence-electron chi connectivity index (χ3n) is 10.8. The molecule has 9 rings (SSSR count). The lowest BCUT2D eigenvalue weighted by Gasteiger charge is -2.29. The molecule has 1 aliphatic carbocycles. The van der Waals surface area contributed by atoms with Gasteiger partial charge in [0.05, 0.1) is 5.69 Å². The first kappa shape index (κ1) is 32.4. The zero-order valence-corrected chi connectivity index (χ0v) is 30.4. The molecule has 0 saturated heterocycles. The molecule has 2 nitrogen and oxygen atoms in total. The summed E-state index contributed by atoms with van der Waals surface area (Å²) in [5.74, 6) is 0. The van der Waals surface area contributed by atoms with E-state index in [0.717, 1.165) is 11.4 Å². The molecule has 0 atom stereocenters. The van der Waals surface area contributed by atoms with Crippen LogP contribution in [0.3, 0.4) is 0 Å². The number of benzene rings is 7. The van der Waals surface area contributed by atoms with E-state index in [4.69, 9.17) is 0 Å². The molecule has 0 radical (unpaired) electrons. The van der Waals surface area contributed by atoms with Crippen LogP contribution in [-0.2, 0) is 5.41 Å². The number of hydrogen-bond acceptors (Lipinski definition) is 1. The second-order valence-electron chi connectivity index (χ2n) is 14.3. The Balaban J connectivity index is 1.17. The van der Waals surface area contributed by atoms with Crippen molar-refractivity contribution in [2.75, 3.05) is 4.90 Å². The molecule has 0 bridgehead atoms. The molecule has 7 aromatic rings. The number of nitrogens with zero attached hydrogens (tertiary/aromatic N) is 2. The number of allylic oxidation sites excluding steroid dienone is 4. The first-order valence-corrected chi connectivity index (χ1v) is 18.5. The van der Waals surface area contributed by atoms with Crippen LogP contribution in [-0.4, -0.2) is 5.71 Å². The van der Waals surface area contributed by atoms with Gasteiger partial charge in [0.2, 0.25) is 17.1 Å². The third kappa shape index (κ3) is 5.46. The smallest absolute Gasteiger partial charge is 0.226 e. The number of anilines is 3. The SMILES string of the molecule is C/C=C\C=C/C1=[N+](c2ccccc2)c2cccc(-c3ccc(N(c4ccc(-c5ccccc5)cc4)c4cccc5c4-c4ccccc4C5(C)C)cc3)c21. The lowest BCUT2D eigenvalue weighted by molar-refractivity contribution is 0.660. The van der Waals surface area contributed by atoms with Gasteiger partial charge in [-0.05, 0) is 70.6 Å². The standard InChI is InChI=1S/C51H41N2/c1-4-5-8-25-47-50-42(22-15-26-48(50)53(47)39-19-11-7-12-20-39)38-30-34-41(35-31-38)52(40-32-28-37(29-33-40)36-17-9-6-10-18-36)46-27-16-24-45-49(46)43-21-13-14-23-44(43)51(45,2)3/h4-35H,1-3H3/q+1/b5-4-,25-8-. The molecule has 2 heteroatoms. The minimum atomic E-state index is -0.0903. The fourth-order valence-electron chi connectivity index (χ4n) is 8.27. The van der Waals surface area contributed by atoms with Crippen molar-refractivity contribution in [1.82, 2.24) is 4.58 Å².